The average molecular weight is 791 g/mol. The van der Waals surface area contributed by atoms with Crippen LogP contribution in [-0.2, 0) is 19.4 Å². The first-order chi connectivity index (χ1) is 24.9. The molecule has 0 radical (unpaired) electrons. The SMILES string of the molecule is C.CC(C)[C@@H](CC[C@@H](C)[C@H]1CC[C@H]2[C@@H]3[C@H](O)C[C@H]4C[C@@H](NCCCNCCCCNCCCN)CC[C@]4(C)[C@H]3CC[C@]12C)OS(=O)(=O)O.CC(O)C(=O)O. The molecule has 4 rings (SSSR count). The van der Waals surface area contributed by atoms with E-state index >= 15 is 0 Å². The monoisotopic (exact) mass is 791 g/mol. The van der Waals surface area contributed by atoms with Crippen molar-refractivity contribution in [1.82, 2.24) is 16.0 Å². The maximum absolute atomic E-state index is 11.8. The summed E-state index contributed by atoms with van der Waals surface area (Å²) in [4.78, 5) is 9.45. The van der Waals surface area contributed by atoms with Crippen molar-refractivity contribution in [3.8, 4) is 0 Å². The molecular formula is C41H82N4O8S. The number of aliphatic hydroxyl groups is 2. The highest BCUT2D eigenvalue weighted by Gasteiger charge is 2.62. The van der Waals surface area contributed by atoms with Crippen molar-refractivity contribution in [1.29, 1.82) is 0 Å². The molecule has 4 aliphatic carbocycles. The minimum atomic E-state index is -4.46. The maximum atomic E-state index is 11.8. The van der Waals surface area contributed by atoms with Crippen molar-refractivity contribution < 1.29 is 37.3 Å². The van der Waals surface area contributed by atoms with Crippen LogP contribution in [0.2, 0.25) is 0 Å². The lowest BCUT2D eigenvalue weighted by molar-refractivity contribution is -0.167. The van der Waals surface area contributed by atoms with Crippen molar-refractivity contribution in [2.45, 2.75) is 163 Å². The Balaban J connectivity index is 0.00000133. The first kappa shape index (κ1) is 49.2. The van der Waals surface area contributed by atoms with Crippen molar-refractivity contribution >= 4 is 16.4 Å². The van der Waals surface area contributed by atoms with Gasteiger partial charge in [-0.2, -0.15) is 8.42 Å². The van der Waals surface area contributed by atoms with E-state index in [-0.39, 0.29) is 24.9 Å². The Kier molecular flexibility index (Phi) is 20.9. The van der Waals surface area contributed by atoms with E-state index in [2.05, 4.69) is 36.7 Å². The molecule has 0 aromatic rings. The summed E-state index contributed by atoms with van der Waals surface area (Å²) in [6, 6.07) is 0.571. The summed E-state index contributed by atoms with van der Waals surface area (Å²) < 4.78 is 37.2. The molecule has 4 saturated carbocycles. The van der Waals surface area contributed by atoms with Gasteiger partial charge in [0.1, 0.15) is 6.10 Å². The van der Waals surface area contributed by atoms with Gasteiger partial charge in [-0.05, 0) is 188 Å². The zero-order valence-electron chi connectivity index (χ0n) is 33.9. The second-order valence-electron chi connectivity index (χ2n) is 18.0. The zero-order valence-corrected chi connectivity index (χ0v) is 34.7. The lowest BCUT2D eigenvalue weighted by Gasteiger charge is -2.62. The molecule has 1 unspecified atom stereocenters. The smallest absolute Gasteiger partial charge is 0.397 e. The summed E-state index contributed by atoms with van der Waals surface area (Å²) >= 11 is 0. The highest BCUT2D eigenvalue weighted by Crippen LogP contribution is 2.68. The Morgan fingerprint density at radius 3 is 2.00 bits per heavy atom. The summed E-state index contributed by atoms with van der Waals surface area (Å²) in [5.74, 6) is 2.01. The fourth-order valence-electron chi connectivity index (χ4n) is 11.2. The predicted molar refractivity (Wildman–Crippen MR) is 217 cm³/mol. The van der Waals surface area contributed by atoms with E-state index < -0.39 is 28.6 Å². The van der Waals surface area contributed by atoms with E-state index in [9.17, 15) is 22.9 Å². The topological polar surface area (TPSA) is 203 Å². The number of aliphatic carboxylic acids is 1. The summed E-state index contributed by atoms with van der Waals surface area (Å²) in [6.45, 7) is 18.6. The van der Waals surface area contributed by atoms with Gasteiger partial charge >= 0.3 is 16.4 Å². The highest BCUT2D eigenvalue weighted by atomic mass is 32.3. The number of nitrogens with two attached hydrogens (primary N) is 1. The number of carboxylic acids is 1. The van der Waals surface area contributed by atoms with Crippen LogP contribution in [0.5, 0.6) is 0 Å². The van der Waals surface area contributed by atoms with E-state index in [1.807, 2.05) is 13.8 Å². The molecule has 12 nitrogen and oxygen atoms in total. The number of carboxylic acid groups (broad SMARTS) is 1. The number of fused-ring (bicyclic) bond motifs is 5. The van der Waals surface area contributed by atoms with Gasteiger partial charge in [0, 0.05) is 6.04 Å². The number of carbonyl (C=O) groups is 1. The Morgan fingerprint density at radius 1 is 0.852 bits per heavy atom. The van der Waals surface area contributed by atoms with E-state index in [0.29, 0.717) is 53.4 Å². The predicted octanol–water partition coefficient (Wildman–Crippen LogP) is 5.62. The minimum absolute atomic E-state index is 0. The third-order valence-electron chi connectivity index (χ3n) is 14.2. The van der Waals surface area contributed by atoms with Gasteiger partial charge in [0.25, 0.3) is 0 Å². The standard InChI is InChI=1S/C37H72N4O5S.C3H6O3.CH4/c1-26(2)34(46-47(43,44)45)13-10-27(3)30-11-12-31-35-32(15-17-37(30,31)5)36(4)16-14-29(24-28(36)25-33(35)42)41-23-9-22-40-20-7-6-19-39-21-8-18-38;1-2(4)3(5)6;/h26-35,39-42H,6-25,38H2,1-5H3,(H,43,44,45);2,4H,1H3,(H,5,6);1H4/t27-,28-,29+,30-,31+,32+,33-,34-,35+,36+,37-;;/m1../s1. The summed E-state index contributed by atoms with van der Waals surface area (Å²) in [5.41, 5.74) is 6.08. The number of hydrogen-bond donors (Lipinski definition) is 8. The van der Waals surface area contributed by atoms with Gasteiger partial charge in [-0.15, -0.1) is 0 Å². The fraction of sp³-hybridized carbons (Fsp3) is 0.976. The number of hydrogen-bond acceptors (Lipinski definition) is 10. The molecule has 320 valence electrons. The molecule has 0 amide bonds. The number of aliphatic hydroxyl groups excluding tert-OH is 2. The lowest BCUT2D eigenvalue weighted by Crippen LogP contribution is -2.59. The normalized spacial score (nSPS) is 33.6. The molecule has 0 aliphatic heterocycles. The second-order valence-corrected chi connectivity index (χ2v) is 19.1. The van der Waals surface area contributed by atoms with Crippen molar-refractivity contribution in [2.75, 3.05) is 39.3 Å². The van der Waals surface area contributed by atoms with Crippen molar-refractivity contribution in [3.05, 3.63) is 0 Å². The molecule has 0 spiro atoms. The third kappa shape index (κ3) is 13.9. The Morgan fingerprint density at radius 2 is 1.43 bits per heavy atom. The number of unbranched alkanes of at least 4 members (excludes halogenated alkanes) is 1. The van der Waals surface area contributed by atoms with Gasteiger partial charge in [0.05, 0.1) is 12.2 Å². The second kappa shape index (κ2) is 22.9. The molecule has 0 heterocycles. The Hall–Kier alpha value is -0.900. The van der Waals surface area contributed by atoms with Gasteiger partial charge in [-0.25, -0.2) is 8.98 Å². The van der Waals surface area contributed by atoms with E-state index in [1.165, 1.54) is 64.7 Å². The van der Waals surface area contributed by atoms with Crippen LogP contribution in [0.3, 0.4) is 0 Å². The van der Waals surface area contributed by atoms with Crippen LogP contribution < -0.4 is 21.7 Å². The first-order valence-electron chi connectivity index (χ1n) is 21.0. The molecule has 4 aliphatic rings. The molecule has 0 saturated heterocycles. The third-order valence-corrected chi connectivity index (χ3v) is 14.7. The van der Waals surface area contributed by atoms with Crippen LogP contribution in [0, 0.1) is 52.3 Å². The van der Waals surface area contributed by atoms with Crippen LogP contribution in [0.4, 0.5) is 0 Å². The highest BCUT2D eigenvalue weighted by molar-refractivity contribution is 7.80. The molecule has 12 atom stereocenters. The Labute approximate surface area is 329 Å². The number of rotatable bonds is 21. The summed E-state index contributed by atoms with van der Waals surface area (Å²) in [6.07, 6.45) is 13.7. The van der Waals surface area contributed by atoms with Crippen molar-refractivity contribution in [2.24, 2.45) is 58.0 Å². The molecule has 9 N–H and O–H groups in total. The molecule has 54 heavy (non-hydrogen) atoms. The Bertz CT molecular complexity index is 1190. The molecule has 13 heteroatoms. The lowest BCUT2D eigenvalue weighted by atomic mass is 9.43. The molecule has 4 fully saturated rings. The molecular weight excluding hydrogens is 709 g/mol. The van der Waals surface area contributed by atoms with Gasteiger partial charge in [0.2, 0.25) is 0 Å². The summed E-state index contributed by atoms with van der Waals surface area (Å²) in [7, 11) is -4.46. The van der Waals surface area contributed by atoms with Crippen LogP contribution >= 0.6 is 0 Å². The fourth-order valence-corrected chi connectivity index (χ4v) is 11.8. The number of nitrogens with one attached hydrogen (secondary N) is 3. The summed E-state index contributed by atoms with van der Waals surface area (Å²) in [5, 5.41) is 38.6. The molecule has 0 aromatic carbocycles. The van der Waals surface area contributed by atoms with E-state index in [1.54, 1.807) is 0 Å². The quantitative estimate of drug-likeness (QED) is 0.0528. The van der Waals surface area contributed by atoms with E-state index in [4.69, 9.17) is 20.1 Å². The van der Waals surface area contributed by atoms with Crippen LogP contribution in [-0.4, -0.2) is 97.9 Å². The largest absolute Gasteiger partial charge is 0.479 e. The van der Waals surface area contributed by atoms with Crippen LogP contribution in [0.1, 0.15) is 139 Å². The van der Waals surface area contributed by atoms with Gasteiger partial charge in [-0.1, -0.05) is 42.0 Å². The minimum Gasteiger partial charge on any atom is -0.479 e. The van der Waals surface area contributed by atoms with Gasteiger partial charge < -0.3 is 37.0 Å². The molecule has 0 aromatic heterocycles. The average Bonchev–Trinajstić information content (AvgIpc) is 3.44. The van der Waals surface area contributed by atoms with Crippen LogP contribution in [0.25, 0.3) is 0 Å². The zero-order chi connectivity index (χ0) is 39.4. The van der Waals surface area contributed by atoms with E-state index in [0.717, 1.165) is 65.0 Å². The maximum Gasteiger partial charge on any atom is 0.397 e. The van der Waals surface area contributed by atoms with Crippen LogP contribution in [0.15, 0.2) is 0 Å². The van der Waals surface area contributed by atoms with Gasteiger partial charge in [0.15, 0.2) is 0 Å². The molecule has 0 bridgehead atoms. The first-order valence-corrected chi connectivity index (χ1v) is 22.4. The van der Waals surface area contributed by atoms with Gasteiger partial charge in [-0.3, -0.25) is 4.55 Å². The van der Waals surface area contributed by atoms with Crippen molar-refractivity contribution in [3.63, 3.8) is 0 Å².